The molecule has 1 aliphatic rings. The third-order valence-corrected chi connectivity index (χ3v) is 3.61. The average Bonchev–Trinajstić information content (AvgIpc) is 2.53. The van der Waals surface area contributed by atoms with Crippen LogP contribution in [0.15, 0.2) is 12.4 Å². The van der Waals surface area contributed by atoms with Gasteiger partial charge < -0.3 is 14.4 Å². The maximum Gasteiger partial charge on any atom is 0.307 e. The second kappa shape index (κ2) is 7.81. The van der Waals surface area contributed by atoms with Gasteiger partial charge in [-0.1, -0.05) is 6.92 Å². The first kappa shape index (κ1) is 15.5. The lowest BCUT2D eigenvalue weighted by Crippen LogP contribution is -2.41. The zero-order valence-corrected chi connectivity index (χ0v) is 12.7. The van der Waals surface area contributed by atoms with Crippen molar-refractivity contribution in [1.82, 2.24) is 9.97 Å². The Morgan fingerprint density at radius 3 is 3.05 bits per heavy atom. The van der Waals surface area contributed by atoms with E-state index in [0.29, 0.717) is 18.9 Å². The van der Waals surface area contributed by atoms with E-state index in [2.05, 4.69) is 14.9 Å². The highest BCUT2D eigenvalue weighted by Gasteiger charge is 2.26. The van der Waals surface area contributed by atoms with E-state index in [1.54, 1.807) is 12.4 Å². The van der Waals surface area contributed by atoms with E-state index in [0.717, 1.165) is 38.0 Å². The molecule has 0 aromatic carbocycles. The summed E-state index contributed by atoms with van der Waals surface area (Å²) in [4.78, 5) is 22.4. The van der Waals surface area contributed by atoms with Gasteiger partial charge >= 0.3 is 5.97 Å². The molecule has 1 atom stereocenters. The molecule has 2 rings (SSSR count). The molecule has 1 unspecified atom stereocenters. The van der Waals surface area contributed by atoms with Gasteiger partial charge in [-0.25, -0.2) is 0 Å². The topological polar surface area (TPSA) is 64.5 Å². The number of carbonyl (C=O) groups excluding carboxylic acids is 1. The molecule has 0 N–H and O–H groups in total. The molecular formula is C15H23N3O3. The molecule has 0 aliphatic carbocycles. The summed E-state index contributed by atoms with van der Waals surface area (Å²) in [6.07, 6.45) is 7.86. The second-order valence-corrected chi connectivity index (χ2v) is 5.19. The number of hydrogen-bond acceptors (Lipinski definition) is 6. The predicted octanol–water partition coefficient (Wildman–Crippen LogP) is 2.19. The van der Waals surface area contributed by atoms with Crippen molar-refractivity contribution in [2.75, 3.05) is 25.2 Å². The third kappa shape index (κ3) is 4.31. The number of anilines is 1. The summed E-state index contributed by atoms with van der Waals surface area (Å²) in [7, 11) is 1.43. The van der Waals surface area contributed by atoms with Crippen molar-refractivity contribution in [3.63, 3.8) is 0 Å². The Morgan fingerprint density at radius 1 is 1.43 bits per heavy atom. The number of piperidine rings is 1. The maximum absolute atomic E-state index is 11.6. The number of methoxy groups -OCH3 is 1. The monoisotopic (exact) mass is 293 g/mol. The van der Waals surface area contributed by atoms with Crippen molar-refractivity contribution in [3.8, 4) is 5.88 Å². The number of ether oxygens (including phenoxy) is 2. The fourth-order valence-corrected chi connectivity index (χ4v) is 2.54. The summed E-state index contributed by atoms with van der Waals surface area (Å²) in [6.45, 7) is 3.56. The Labute approximate surface area is 125 Å². The largest absolute Gasteiger partial charge is 0.477 e. The van der Waals surface area contributed by atoms with E-state index >= 15 is 0 Å². The van der Waals surface area contributed by atoms with Crippen LogP contribution >= 0.6 is 0 Å². The lowest BCUT2D eigenvalue weighted by atomic mass is 9.99. The van der Waals surface area contributed by atoms with Crippen LogP contribution in [0, 0.1) is 0 Å². The van der Waals surface area contributed by atoms with E-state index in [9.17, 15) is 4.79 Å². The number of rotatable bonds is 6. The Kier molecular flexibility index (Phi) is 5.78. The van der Waals surface area contributed by atoms with Gasteiger partial charge in [-0.3, -0.25) is 9.78 Å². The van der Waals surface area contributed by atoms with Crippen molar-refractivity contribution < 1.29 is 14.3 Å². The van der Waals surface area contributed by atoms with Crippen molar-refractivity contribution in [3.05, 3.63) is 12.4 Å². The molecule has 1 saturated heterocycles. The molecule has 21 heavy (non-hydrogen) atoms. The van der Waals surface area contributed by atoms with Gasteiger partial charge in [0, 0.05) is 12.6 Å². The zero-order valence-electron chi connectivity index (χ0n) is 12.7. The van der Waals surface area contributed by atoms with Gasteiger partial charge in [-0.2, -0.15) is 4.98 Å². The molecule has 0 radical (unpaired) electrons. The molecule has 0 spiro atoms. The van der Waals surface area contributed by atoms with Crippen LogP contribution in [0.3, 0.4) is 0 Å². The fourth-order valence-electron chi connectivity index (χ4n) is 2.54. The van der Waals surface area contributed by atoms with Gasteiger partial charge in [-0.15, -0.1) is 0 Å². The molecule has 1 aliphatic heterocycles. The van der Waals surface area contributed by atoms with Crippen LogP contribution in [-0.4, -0.2) is 42.2 Å². The SMILES string of the molecule is CCCOc1cncc(N2CCCCC2CC(=O)OC)n1. The summed E-state index contributed by atoms with van der Waals surface area (Å²) < 4.78 is 10.3. The second-order valence-electron chi connectivity index (χ2n) is 5.19. The number of hydrogen-bond donors (Lipinski definition) is 0. The zero-order chi connectivity index (χ0) is 15.1. The summed E-state index contributed by atoms with van der Waals surface area (Å²) in [5.74, 6) is 1.13. The minimum atomic E-state index is -0.182. The smallest absolute Gasteiger partial charge is 0.307 e. The Bertz CT molecular complexity index is 467. The number of carbonyl (C=O) groups is 1. The van der Waals surface area contributed by atoms with Gasteiger partial charge in [0.15, 0.2) is 5.82 Å². The molecule has 1 aromatic rings. The molecule has 0 amide bonds. The molecular weight excluding hydrogens is 270 g/mol. The van der Waals surface area contributed by atoms with Crippen LogP contribution in [0.2, 0.25) is 0 Å². The van der Waals surface area contributed by atoms with E-state index in [1.807, 2.05) is 6.92 Å². The first-order chi connectivity index (χ1) is 10.2. The van der Waals surface area contributed by atoms with E-state index in [-0.39, 0.29) is 12.0 Å². The van der Waals surface area contributed by atoms with E-state index in [4.69, 9.17) is 9.47 Å². The lowest BCUT2D eigenvalue weighted by Gasteiger charge is -2.35. The van der Waals surface area contributed by atoms with Crippen LogP contribution in [0.1, 0.15) is 39.0 Å². The van der Waals surface area contributed by atoms with Gasteiger partial charge in [0.2, 0.25) is 5.88 Å². The average molecular weight is 293 g/mol. The minimum Gasteiger partial charge on any atom is -0.477 e. The van der Waals surface area contributed by atoms with Crippen LogP contribution in [0.5, 0.6) is 5.88 Å². The lowest BCUT2D eigenvalue weighted by molar-refractivity contribution is -0.141. The molecule has 1 fully saturated rings. The van der Waals surface area contributed by atoms with Crippen LogP contribution in [0.4, 0.5) is 5.82 Å². The van der Waals surface area contributed by atoms with Crippen LogP contribution < -0.4 is 9.64 Å². The Morgan fingerprint density at radius 2 is 2.29 bits per heavy atom. The number of nitrogens with zero attached hydrogens (tertiary/aromatic N) is 3. The Hall–Kier alpha value is -1.85. The molecule has 2 heterocycles. The van der Waals surface area contributed by atoms with Crippen molar-refractivity contribution in [2.24, 2.45) is 0 Å². The number of esters is 1. The summed E-state index contributed by atoms with van der Waals surface area (Å²) in [5, 5.41) is 0. The highest BCUT2D eigenvalue weighted by molar-refractivity contribution is 5.70. The predicted molar refractivity (Wildman–Crippen MR) is 79.4 cm³/mol. The number of aromatic nitrogens is 2. The fraction of sp³-hybridized carbons (Fsp3) is 0.667. The quantitative estimate of drug-likeness (QED) is 0.749. The standard InChI is InChI=1S/C15H23N3O3/c1-3-8-21-14-11-16-10-13(17-14)18-7-5-4-6-12(18)9-15(19)20-2/h10-12H,3-9H2,1-2H3. The summed E-state index contributed by atoms with van der Waals surface area (Å²) in [5.41, 5.74) is 0. The van der Waals surface area contributed by atoms with Gasteiger partial charge in [-0.05, 0) is 25.7 Å². The van der Waals surface area contributed by atoms with Gasteiger partial charge in [0.25, 0.3) is 0 Å². The van der Waals surface area contributed by atoms with E-state index in [1.165, 1.54) is 7.11 Å². The molecule has 6 heteroatoms. The molecule has 0 bridgehead atoms. The van der Waals surface area contributed by atoms with E-state index < -0.39 is 0 Å². The third-order valence-electron chi connectivity index (χ3n) is 3.61. The molecule has 0 saturated carbocycles. The summed E-state index contributed by atoms with van der Waals surface area (Å²) >= 11 is 0. The van der Waals surface area contributed by atoms with Crippen molar-refractivity contribution in [1.29, 1.82) is 0 Å². The Balaban J connectivity index is 2.10. The highest BCUT2D eigenvalue weighted by atomic mass is 16.5. The molecule has 6 nitrogen and oxygen atoms in total. The van der Waals surface area contributed by atoms with Crippen molar-refractivity contribution in [2.45, 2.75) is 45.1 Å². The minimum absolute atomic E-state index is 0.127. The van der Waals surface area contributed by atoms with Crippen LogP contribution in [-0.2, 0) is 9.53 Å². The maximum atomic E-state index is 11.6. The first-order valence-corrected chi connectivity index (χ1v) is 7.53. The van der Waals surface area contributed by atoms with Crippen molar-refractivity contribution >= 4 is 11.8 Å². The first-order valence-electron chi connectivity index (χ1n) is 7.53. The molecule has 1 aromatic heterocycles. The van der Waals surface area contributed by atoms with Gasteiger partial charge in [0.1, 0.15) is 0 Å². The van der Waals surface area contributed by atoms with Crippen LogP contribution in [0.25, 0.3) is 0 Å². The normalized spacial score (nSPS) is 18.4. The van der Waals surface area contributed by atoms with Gasteiger partial charge in [0.05, 0.1) is 32.5 Å². The summed E-state index contributed by atoms with van der Waals surface area (Å²) in [6, 6.07) is 0.127. The highest BCUT2D eigenvalue weighted by Crippen LogP contribution is 2.26. The molecule has 116 valence electrons.